The molecule has 94 valence electrons. The van der Waals surface area contributed by atoms with Crippen LogP contribution in [0.25, 0.3) is 0 Å². The highest BCUT2D eigenvalue weighted by Crippen LogP contribution is 2.27. The summed E-state index contributed by atoms with van der Waals surface area (Å²) < 4.78 is 4.66. The molecule has 0 saturated carbocycles. The van der Waals surface area contributed by atoms with Crippen molar-refractivity contribution in [2.45, 2.75) is 29.1 Å². The van der Waals surface area contributed by atoms with E-state index in [1.54, 1.807) is 12.1 Å². The van der Waals surface area contributed by atoms with E-state index in [0.717, 1.165) is 22.9 Å². The molecule has 0 spiro atoms. The third kappa shape index (κ3) is 3.27. The number of carbonyl (C=O) groups is 1. The van der Waals surface area contributed by atoms with Crippen LogP contribution in [0, 0.1) is 0 Å². The minimum absolute atomic E-state index is 0.264. The van der Waals surface area contributed by atoms with Crippen LogP contribution in [-0.4, -0.2) is 25.4 Å². The number of rotatable bonds is 5. The fraction of sp³-hybridized carbons (Fsp3) is 0.273. The fourth-order valence-electron chi connectivity index (χ4n) is 1.42. The van der Waals surface area contributed by atoms with Crippen LogP contribution in [0.4, 0.5) is 0 Å². The zero-order chi connectivity index (χ0) is 13.0. The maximum atomic E-state index is 11.0. The average molecular weight is 281 g/mol. The first kappa shape index (κ1) is 13.0. The van der Waals surface area contributed by atoms with Crippen molar-refractivity contribution in [2.75, 3.05) is 0 Å². The van der Waals surface area contributed by atoms with Gasteiger partial charge in [-0.05, 0) is 41.8 Å². The highest BCUT2D eigenvalue weighted by Gasteiger charge is 2.10. The van der Waals surface area contributed by atoms with Gasteiger partial charge in [0, 0.05) is 5.69 Å². The molecule has 1 N–H and O–H groups in total. The molecule has 0 fully saturated rings. The van der Waals surface area contributed by atoms with Crippen molar-refractivity contribution in [1.29, 1.82) is 0 Å². The number of aromatic carboxylic acids is 1. The Kier molecular flexibility index (Phi) is 4.27. The first-order valence-electron chi connectivity index (χ1n) is 5.38. The molecule has 18 heavy (non-hydrogen) atoms. The Morgan fingerprint density at radius 2 is 2.33 bits per heavy atom. The Bertz CT molecular complexity index is 543. The third-order valence-electron chi connectivity index (χ3n) is 2.14. The molecular weight excluding hydrogens is 270 g/mol. The Hall–Kier alpha value is -1.47. The van der Waals surface area contributed by atoms with Gasteiger partial charge in [0.25, 0.3) is 0 Å². The molecular formula is C11H11N3O2S2. The molecule has 5 nitrogen and oxygen atoms in total. The number of carboxylic acid groups (broad SMARTS) is 1. The van der Waals surface area contributed by atoms with E-state index in [0.29, 0.717) is 5.03 Å². The minimum Gasteiger partial charge on any atom is -0.478 e. The van der Waals surface area contributed by atoms with Gasteiger partial charge in [0.2, 0.25) is 0 Å². The monoisotopic (exact) mass is 281 g/mol. The van der Waals surface area contributed by atoms with E-state index in [2.05, 4.69) is 14.3 Å². The molecule has 2 aromatic rings. The number of nitrogens with zero attached hydrogens (tertiary/aromatic N) is 3. The number of hydrogen-bond donors (Lipinski definition) is 1. The lowest BCUT2D eigenvalue weighted by Gasteiger charge is -2.04. The number of carboxylic acids is 1. The van der Waals surface area contributed by atoms with Crippen LogP contribution in [0.3, 0.4) is 0 Å². The van der Waals surface area contributed by atoms with E-state index in [1.807, 2.05) is 6.92 Å². The molecule has 0 aromatic carbocycles. The van der Waals surface area contributed by atoms with Crippen LogP contribution < -0.4 is 0 Å². The molecule has 7 heteroatoms. The van der Waals surface area contributed by atoms with E-state index < -0.39 is 5.97 Å². The van der Waals surface area contributed by atoms with Gasteiger partial charge in [-0.25, -0.2) is 14.8 Å². The minimum atomic E-state index is -0.936. The second-order valence-corrected chi connectivity index (χ2v) is 5.60. The Labute approximate surface area is 112 Å². The molecule has 0 bridgehead atoms. The average Bonchev–Trinajstić information content (AvgIpc) is 2.82. The van der Waals surface area contributed by atoms with Crippen LogP contribution in [0.15, 0.2) is 27.8 Å². The number of aromatic nitrogens is 3. The summed E-state index contributed by atoms with van der Waals surface area (Å²) in [5.41, 5.74) is 1.06. The van der Waals surface area contributed by atoms with Gasteiger partial charge in [0.1, 0.15) is 11.4 Å². The molecule has 0 radical (unpaired) electrons. The zero-order valence-corrected chi connectivity index (χ0v) is 11.3. The topological polar surface area (TPSA) is 76.0 Å². The number of pyridine rings is 1. The summed E-state index contributed by atoms with van der Waals surface area (Å²) in [6.45, 7) is 2.03. The molecule has 0 aliphatic rings. The zero-order valence-electron chi connectivity index (χ0n) is 9.66. The Morgan fingerprint density at radius 1 is 1.50 bits per heavy atom. The lowest BCUT2D eigenvalue weighted by Crippen LogP contribution is -2.01. The number of aryl methyl sites for hydroxylation is 1. The molecule has 0 saturated heterocycles. The van der Waals surface area contributed by atoms with Gasteiger partial charge >= 0.3 is 5.97 Å². The molecule has 0 atom stereocenters. The Morgan fingerprint density at radius 3 is 2.94 bits per heavy atom. The lowest BCUT2D eigenvalue weighted by molar-refractivity contribution is 0.0696. The van der Waals surface area contributed by atoms with Gasteiger partial charge in [-0.2, -0.15) is 4.37 Å². The lowest BCUT2D eigenvalue weighted by atomic mass is 10.2. The van der Waals surface area contributed by atoms with E-state index in [1.165, 1.54) is 29.6 Å². The fourth-order valence-corrected chi connectivity index (χ4v) is 2.86. The van der Waals surface area contributed by atoms with E-state index >= 15 is 0 Å². The maximum Gasteiger partial charge on any atom is 0.335 e. The van der Waals surface area contributed by atoms with Crippen molar-refractivity contribution >= 4 is 29.3 Å². The van der Waals surface area contributed by atoms with Crippen LogP contribution in [0.1, 0.15) is 29.4 Å². The second-order valence-electron chi connectivity index (χ2n) is 3.55. The molecule has 0 aliphatic carbocycles. The second kappa shape index (κ2) is 5.92. The van der Waals surface area contributed by atoms with Gasteiger partial charge in [-0.15, -0.1) is 0 Å². The molecule has 0 amide bonds. The predicted molar refractivity (Wildman–Crippen MR) is 69.2 cm³/mol. The van der Waals surface area contributed by atoms with E-state index in [-0.39, 0.29) is 5.56 Å². The van der Waals surface area contributed by atoms with E-state index in [9.17, 15) is 4.79 Å². The van der Waals surface area contributed by atoms with Gasteiger partial charge in [0.15, 0.2) is 4.34 Å². The van der Waals surface area contributed by atoms with Crippen molar-refractivity contribution in [1.82, 2.24) is 14.3 Å². The van der Waals surface area contributed by atoms with Crippen LogP contribution in [0.5, 0.6) is 0 Å². The Balaban J connectivity index is 2.30. The summed E-state index contributed by atoms with van der Waals surface area (Å²) >= 11 is 2.60. The van der Waals surface area contributed by atoms with Crippen LogP contribution in [0.2, 0.25) is 0 Å². The summed E-state index contributed by atoms with van der Waals surface area (Å²) in [4.78, 5) is 19.5. The maximum absolute atomic E-state index is 11.0. The molecule has 2 rings (SSSR count). The molecule has 0 aliphatic heterocycles. The van der Waals surface area contributed by atoms with Crippen molar-refractivity contribution in [3.8, 4) is 0 Å². The number of hydrogen-bond acceptors (Lipinski definition) is 6. The largest absolute Gasteiger partial charge is 0.478 e. The van der Waals surface area contributed by atoms with Crippen molar-refractivity contribution in [2.24, 2.45) is 0 Å². The smallest absolute Gasteiger partial charge is 0.335 e. The van der Waals surface area contributed by atoms with Gasteiger partial charge in [0.05, 0.1) is 5.56 Å². The highest BCUT2D eigenvalue weighted by molar-refractivity contribution is 8.00. The summed E-state index contributed by atoms with van der Waals surface area (Å²) in [7, 11) is 0. The quantitative estimate of drug-likeness (QED) is 0.908. The predicted octanol–water partition coefficient (Wildman–Crippen LogP) is 2.74. The summed E-state index contributed by atoms with van der Waals surface area (Å²) in [5, 5.41) is 9.71. The summed E-state index contributed by atoms with van der Waals surface area (Å²) in [5.74, 6) is -0.936. The van der Waals surface area contributed by atoms with Crippen LogP contribution >= 0.6 is 23.3 Å². The molecule has 0 unspecified atom stereocenters. The summed E-state index contributed by atoms with van der Waals surface area (Å²) in [6, 6.07) is 3.18. The van der Waals surface area contributed by atoms with Crippen molar-refractivity contribution < 1.29 is 9.90 Å². The first-order valence-corrected chi connectivity index (χ1v) is 6.97. The van der Waals surface area contributed by atoms with Gasteiger partial charge < -0.3 is 5.11 Å². The van der Waals surface area contributed by atoms with Gasteiger partial charge in [-0.3, -0.25) is 0 Å². The van der Waals surface area contributed by atoms with E-state index in [4.69, 9.17) is 5.11 Å². The molecule has 2 aromatic heterocycles. The first-order chi connectivity index (χ1) is 8.69. The van der Waals surface area contributed by atoms with Gasteiger partial charge in [-0.1, -0.05) is 13.3 Å². The van der Waals surface area contributed by atoms with Crippen LogP contribution in [-0.2, 0) is 6.42 Å². The van der Waals surface area contributed by atoms with Crippen molar-refractivity contribution in [3.63, 3.8) is 0 Å². The van der Waals surface area contributed by atoms with Crippen molar-refractivity contribution in [3.05, 3.63) is 29.7 Å². The SMILES string of the molecule is CCCc1cc(C(=O)O)cc(Sc2ncns2)n1. The third-order valence-corrected chi connectivity index (χ3v) is 3.77. The molecule has 2 heterocycles. The summed E-state index contributed by atoms with van der Waals surface area (Å²) in [6.07, 6.45) is 3.17. The normalized spacial score (nSPS) is 10.5. The highest BCUT2D eigenvalue weighted by atomic mass is 32.2. The standard InChI is InChI=1S/C11H11N3O2S2/c1-2-3-8-4-7(10(15)16)5-9(14-8)17-11-12-6-13-18-11/h4-6H,2-3H2,1H3,(H,15,16).